The van der Waals surface area contributed by atoms with Crippen molar-refractivity contribution < 1.29 is 24.3 Å². The van der Waals surface area contributed by atoms with Crippen molar-refractivity contribution in [3.8, 4) is 0 Å². The van der Waals surface area contributed by atoms with E-state index in [1.807, 2.05) is 30.5 Å². The van der Waals surface area contributed by atoms with Crippen molar-refractivity contribution in [3.63, 3.8) is 0 Å². The number of nitrogens with zero attached hydrogens (tertiary/aromatic N) is 1. The Kier molecular flexibility index (Phi) is 8.88. The van der Waals surface area contributed by atoms with Crippen LogP contribution in [0.25, 0.3) is 0 Å². The normalized spacial score (nSPS) is 13.7. The molecule has 0 spiro atoms. The largest absolute Gasteiger partial charge is 0.481 e. The van der Waals surface area contributed by atoms with Gasteiger partial charge in [-0.3, -0.25) is 19.2 Å². The number of nitrogens with one attached hydrogen (secondary N) is 1. The van der Waals surface area contributed by atoms with Gasteiger partial charge < -0.3 is 10.4 Å². The van der Waals surface area contributed by atoms with Gasteiger partial charge in [-0.15, -0.1) is 11.3 Å². The lowest BCUT2D eigenvalue weighted by molar-refractivity contribution is -0.138. The standard InChI is InChI=1S/C25H30N2O5S/c1-16-6-7-18(21(12-16)25(32)17-4-2-3-5-17)13-20(28)14-23-27-19(15-33-23)10-11-26-22(29)8-9-24(30)31/h6-7,12,15,17H,2-5,8-11,13-14H2,1H3,(H,26,29)(H,30,31). The third-order valence-corrected chi connectivity index (χ3v) is 6.76. The van der Waals surface area contributed by atoms with E-state index in [0.29, 0.717) is 23.5 Å². The van der Waals surface area contributed by atoms with Gasteiger partial charge in [0.1, 0.15) is 10.8 Å². The smallest absolute Gasteiger partial charge is 0.303 e. The van der Waals surface area contributed by atoms with Crippen molar-refractivity contribution in [3.05, 3.63) is 51.0 Å². The average Bonchev–Trinajstić information content (AvgIpc) is 3.45. The van der Waals surface area contributed by atoms with Crippen molar-refractivity contribution in [1.82, 2.24) is 10.3 Å². The van der Waals surface area contributed by atoms with E-state index in [9.17, 15) is 19.2 Å². The summed E-state index contributed by atoms with van der Waals surface area (Å²) in [6, 6.07) is 5.76. The molecule has 1 aliphatic carbocycles. The second-order valence-electron chi connectivity index (χ2n) is 8.62. The maximum Gasteiger partial charge on any atom is 0.303 e. The molecule has 1 aromatic carbocycles. The van der Waals surface area contributed by atoms with Gasteiger partial charge in [0, 0.05) is 42.7 Å². The topological polar surface area (TPSA) is 113 Å². The zero-order valence-electron chi connectivity index (χ0n) is 18.9. The van der Waals surface area contributed by atoms with Crippen LogP contribution in [0, 0.1) is 12.8 Å². The summed E-state index contributed by atoms with van der Waals surface area (Å²) in [5, 5.41) is 13.9. The van der Waals surface area contributed by atoms with Gasteiger partial charge in [0.2, 0.25) is 5.91 Å². The highest BCUT2D eigenvalue weighted by molar-refractivity contribution is 7.09. The van der Waals surface area contributed by atoms with Crippen LogP contribution in [-0.2, 0) is 33.6 Å². The zero-order chi connectivity index (χ0) is 23.8. The Morgan fingerprint density at radius 3 is 2.61 bits per heavy atom. The first-order valence-electron chi connectivity index (χ1n) is 11.4. The fourth-order valence-corrected chi connectivity index (χ4v) is 4.97. The Hall–Kier alpha value is -2.87. The van der Waals surface area contributed by atoms with Gasteiger partial charge in [0.15, 0.2) is 5.78 Å². The highest BCUT2D eigenvalue weighted by Gasteiger charge is 2.26. The second-order valence-corrected chi connectivity index (χ2v) is 9.57. The van der Waals surface area contributed by atoms with Crippen LogP contribution in [0.3, 0.4) is 0 Å². The predicted molar refractivity (Wildman–Crippen MR) is 126 cm³/mol. The number of amides is 1. The molecule has 1 aliphatic rings. The monoisotopic (exact) mass is 470 g/mol. The molecule has 33 heavy (non-hydrogen) atoms. The molecule has 0 unspecified atom stereocenters. The van der Waals surface area contributed by atoms with E-state index in [4.69, 9.17) is 5.11 Å². The summed E-state index contributed by atoms with van der Waals surface area (Å²) in [4.78, 5) is 52.3. The molecular formula is C25H30N2O5S. The average molecular weight is 471 g/mol. The first kappa shape index (κ1) is 24.8. The predicted octanol–water partition coefficient (Wildman–Crippen LogP) is 3.70. The summed E-state index contributed by atoms with van der Waals surface area (Å²) in [6.45, 7) is 2.33. The van der Waals surface area contributed by atoms with E-state index in [2.05, 4.69) is 10.3 Å². The van der Waals surface area contributed by atoms with Crippen LogP contribution in [-0.4, -0.2) is 40.1 Å². The van der Waals surface area contributed by atoms with Gasteiger partial charge in [-0.05, 0) is 31.4 Å². The van der Waals surface area contributed by atoms with Crippen molar-refractivity contribution in [1.29, 1.82) is 0 Å². The van der Waals surface area contributed by atoms with E-state index < -0.39 is 5.97 Å². The number of hydrogen-bond acceptors (Lipinski definition) is 6. The molecule has 7 nitrogen and oxygen atoms in total. The number of benzene rings is 1. The molecule has 1 saturated carbocycles. The van der Waals surface area contributed by atoms with Gasteiger partial charge in [-0.1, -0.05) is 30.5 Å². The van der Waals surface area contributed by atoms with Gasteiger partial charge in [0.25, 0.3) is 0 Å². The van der Waals surface area contributed by atoms with E-state index >= 15 is 0 Å². The van der Waals surface area contributed by atoms with E-state index in [1.165, 1.54) is 11.3 Å². The van der Waals surface area contributed by atoms with Crippen molar-refractivity contribution in [2.75, 3.05) is 6.54 Å². The van der Waals surface area contributed by atoms with Crippen molar-refractivity contribution in [2.24, 2.45) is 5.92 Å². The molecule has 1 fully saturated rings. The Morgan fingerprint density at radius 2 is 1.88 bits per heavy atom. The number of aromatic nitrogens is 1. The minimum Gasteiger partial charge on any atom is -0.481 e. The molecule has 0 radical (unpaired) electrons. The fourth-order valence-electron chi connectivity index (χ4n) is 4.11. The minimum absolute atomic E-state index is 0.0159. The number of hydrogen-bond donors (Lipinski definition) is 2. The SMILES string of the molecule is Cc1ccc(CC(=O)Cc2nc(CCNC(=O)CCC(=O)O)cs2)c(C(=O)C2CCCC2)c1. The number of carbonyl (C=O) groups excluding carboxylic acids is 3. The number of Topliss-reactive ketones (excluding diaryl/α,β-unsaturated/α-hetero) is 2. The van der Waals surface area contributed by atoms with E-state index in [1.54, 1.807) is 0 Å². The number of carboxylic acids is 1. The third kappa shape index (κ3) is 7.60. The van der Waals surface area contributed by atoms with E-state index in [0.717, 1.165) is 42.5 Å². The molecule has 176 valence electrons. The molecule has 1 amide bonds. The number of thiazole rings is 1. The van der Waals surface area contributed by atoms with Crippen molar-refractivity contribution >= 4 is 34.8 Å². The summed E-state index contributed by atoms with van der Waals surface area (Å²) in [5.41, 5.74) is 3.29. The lowest BCUT2D eigenvalue weighted by Crippen LogP contribution is -2.26. The Labute approximate surface area is 197 Å². The molecule has 0 bridgehead atoms. The van der Waals surface area contributed by atoms with Gasteiger partial charge in [-0.2, -0.15) is 0 Å². The number of rotatable bonds is 12. The maximum atomic E-state index is 13.0. The molecule has 0 atom stereocenters. The number of ketones is 2. The van der Waals surface area contributed by atoms with Gasteiger partial charge in [0.05, 0.1) is 18.5 Å². The number of aliphatic carboxylic acids is 1. The highest BCUT2D eigenvalue weighted by atomic mass is 32.1. The summed E-state index contributed by atoms with van der Waals surface area (Å²) < 4.78 is 0. The third-order valence-electron chi connectivity index (χ3n) is 5.86. The maximum absolute atomic E-state index is 13.0. The number of carboxylic acid groups (broad SMARTS) is 1. The van der Waals surface area contributed by atoms with Crippen molar-refractivity contribution in [2.45, 2.75) is 64.7 Å². The summed E-state index contributed by atoms with van der Waals surface area (Å²) >= 11 is 1.41. The van der Waals surface area contributed by atoms with Crippen LogP contribution in [0.1, 0.15) is 70.7 Å². The van der Waals surface area contributed by atoms with Crippen LogP contribution in [0.5, 0.6) is 0 Å². The molecule has 2 aromatic rings. The summed E-state index contributed by atoms with van der Waals surface area (Å²) in [7, 11) is 0. The Balaban J connectivity index is 1.52. The highest BCUT2D eigenvalue weighted by Crippen LogP contribution is 2.29. The zero-order valence-corrected chi connectivity index (χ0v) is 19.7. The molecule has 8 heteroatoms. The van der Waals surface area contributed by atoms with Crippen LogP contribution in [0.4, 0.5) is 0 Å². The van der Waals surface area contributed by atoms with Crippen LogP contribution in [0.2, 0.25) is 0 Å². The lowest BCUT2D eigenvalue weighted by atomic mass is 9.90. The molecule has 1 heterocycles. The summed E-state index contributed by atoms with van der Waals surface area (Å²) in [6.07, 6.45) is 4.75. The quantitative estimate of drug-likeness (QED) is 0.457. The van der Waals surface area contributed by atoms with E-state index in [-0.39, 0.29) is 49.1 Å². The fraction of sp³-hybridized carbons (Fsp3) is 0.480. The summed E-state index contributed by atoms with van der Waals surface area (Å²) in [5.74, 6) is -1.04. The lowest BCUT2D eigenvalue weighted by Gasteiger charge is -2.13. The molecule has 0 aliphatic heterocycles. The number of carbonyl (C=O) groups is 4. The second kappa shape index (κ2) is 11.8. The van der Waals surface area contributed by atoms with Gasteiger partial charge >= 0.3 is 5.97 Å². The molecule has 2 N–H and O–H groups in total. The molecule has 1 aromatic heterocycles. The van der Waals surface area contributed by atoms with Crippen LogP contribution < -0.4 is 5.32 Å². The first-order valence-corrected chi connectivity index (χ1v) is 12.3. The van der Waals surface area contributed by atoms with Crippen LogP contribution >= 0.6 is 11.3 Å². The number of aryl methyl sites for hydroxylation is 1. The Morgan fingerprint density at radius 1 is 1.12 bits per heavy atom. The Bertz CT molecular complexity index is 1020. The van der Waals surface area contributed by atoms with Gasteiger partial charge in [-0.25, -0.2) is 4.98 Å². The minimum atomic E-state index is -1.00. The molecule has 0 saturated heterocycles. The first-order chi connectivity index (χ1) is 15.8. The van der Waals surface area contributed by atoms with Crippen LogP contribution in [0.15, 0.2) is 23.6 Å². The molecular weight excluding hydrogens is 440 g/mol. The molecule has 3 rings (SSSR count).